The Morgan fingerprint density at radius 1 is 0.628 bits per heavy atom. The van der Waals surface area contributed by atoms with E-state index in [4.69, 9.17) is 9.97 Å². The summed E-state index contributed by atoms with van der Waals surface area (Å²) >= 11 is 0. The van der Waals surface area contributed by atoms with Crippen LogP contribution >= 0.6 is 0 Å². The molecule has 0 atom stereocenters. The zero-order valence-electron chi connectivity index (χ0n) is 22.5. The molecule has 9 aromatic rings. The maximum absolute atomic E-state index is 10.6. The Morgan fingerprint density at radius 3 is 2.28 bits per heavy atom. The third kappa shape index (κ3) is 3.68. The molecular formula is C35H21N6OPt-. The summed E-state index contributed by atoms with van der Waals surface area (Å²) in [4.78, 5) is 14.8. The van der Waals surface area contributed by atoms with Gasteiger partial charge in [0.05, 0.1) is 22.2 Å². The fourth-order valence-electron chi connectivity index (χ4n) is 6.07. The molecule has 5 heterocycles. The molecule has 0 aliphatic rings. The Balaban J connectivity index is 0.00000278. The molecule has 8 heteroatoms. The number of aromatic hydroxyl groups is 1. The summed E-state index contributed by atoms with van der Waals surface area (Å²) in [6.07, 6.45) is 1.79. The Kier molecular flexibility index (Phi) is 5.71. The molecule has 0 amide bonds. The Hall–Kier alpha value is -5.26. The van der Waals surface area contributed by atoms with Crippen LogP contribution in [0.25, 0.3) is 72.5 Å². The molecule has 0 radical (unpaired) electrons. The number of imidazole rings is 2. The van der Waals surface area contributed by atoms with E-state index in [2.05, 4.69) is 61.0 Å². The van der Waals surface area contributed by atoms with E-state index < -0.39 is 0 Å². The third-order valence-electron chi connectivity index (χ3n) is 7.92. The van der Waals surface area contributed by atoms with Gasteiger partial charge in [0.1, 0.15) is 17.2 Å². The van der Waals surface area contributed by atoms with Crippen LogP contribution in [0.2, 0.25) is 0 Å². The molecule has 43 heavy (non-hydrogen) atoms. The summed E-state index contributed by atoms with van der Waals surface area (Å²) in [5, 5.41) is 12.7. The van der Waals surface area contributed by atoms with Crippen molar-refractivity contribution in [3.63, 3.8) is 0 Å². The van der Waals surface area contributed by atoms with E-state index in [0.717, 1.165) is 61.3 Å². The molecule has 4 aromatic carbocycles. The predicted octanol–water partition coefficient (Wildman–Crippen LogP) is 7.49. The van der Waals surface area contributed by atoms with Gasteiger partial charge in [-0.05, 0) is 65.6 Å². The van der Waals surface area contributed by atoms with Crippen LogP contribution in [0.5, 0.6) is 5.75 Å². The first-order valence-electron chi connectivity index (χ1n) is 13.7. The first-order chi connectivity index (χ1) is 20.8. The second-order valence-corrected chi connectivity index (χ2v) is 10.3. The Bertz CT molecular complexity index is 2490. The monoisotopic (exact) mass is 736 g/mol. The minimum absolute atomic E-state index is 0. The summed E-state index contributed by atoms with van der Waals surface area (Å²) in [5.41, 5.74) is 7.85. The summed E-state index contributed by atoms with van der Waals surface area (Å²) in [7, 11) is 0. The number of phenols is 1. The average molecular weight is 737 g/mol. The van der Waals surface area contributed by atoms with Gasteiger partial charge < -0.3 is 14.1 Å². The Morgan fingerprint density at radius 2 is 1.42 bits per heavy atom. The number of fused-ring (bicyclic) bond motifs is 8. The van der Waals surface area contributed by atoms with E-state index in [1.54, 1.807) is 12.3 Å². The van der Waals surface area contributed by atoms with Crippen LogP contribution in [-0.2, 0) is 21.1 Å². The fourth-order valence-corrected chi connectivity index (χ4v) is 6.07. The number of benzene rings is 4. The Labute approximate surface area is 259 Å². The van der Waals surface area contributed by atoms with Gasteiger partial charge in [0, 0.05) is 43.6 Å². The number of hydrogen-bond acceptors (Lipinski definition) is 4. The van der Waals surface area contributed by atoms with Crippen molar-refractivity contribution in [1.82, 2.24) is 28.5 Å². The molecule has 0 spiro atoms. The molecular weight excluding hydrogens is 716 g/mol. The van der Waals surface area contributed by atoms with Crippen LogP contribution < -0.4 is 0 Å². The van der Waals surface area contributed by atoms with Crippen molar-refractivity contribution in [2.75, 3.05) is 0 Å². The van der Waals surface area contributed by atoms with Gasteiger partial charge in [-0.25, -0.2) is 15.0 Å². The normalized spacial score (nSPS) is 11.6. The number of aromatic nitrogens is 6. The average Bonchev–Trinajstić information content (AvgIpc) is 3.67. The molecule has 0 fully saturated rings. The summed E-state index contributed by atoms with van der Waals surface area (Å²) in [5.74, 6) is 1.74. The predicted molar refractivity (Wildman–Crippen MR) is 165 cm³/mol. The van der Waals surface area contributed by atoms with Gasteiger partial charge in [0.25, 0.3) is 0 Å². The van der Waals surface area contributed by atoms with Gasteiger partial charge >= 0.3 is 0 Å². The first-order valence-corrected chi connectivity index (χ1v) is 13.7. The van der Waals surface area contributed by atoms with E-state index in [-0.39, 0.29) is 26.8 Å². The van der Waals surface area contributed by atoms with Crippen molar-refractivity contribution in [2.45, 2.75) is 0 Å². The van der Waals surface area contributed by atoms with Crippen LogP contribution in [0.15, 0.2) is 121 Å². The van der Waals surface area contributed by atoms with Crippen LogP contribution in [0.1, 0.15) is 0 Å². The van der Waals surface area contributed by atoms with Gasteiger partial charge in [-0.2, -0.15) is 0 Å². The van der Waals surface area contributed by atoms with E-state index in [1.807, 2.05) is 72.8 Å². The van der Waals surface area contributed by atoms with Crippen LogP contribution in [0, 0.1) is 6.07 Å². The largest absolute Gasteiger partial charge is 0.507 e. The number of nitrogens with zero attached hydrogens (tertiary/aromatic N) is 6. The van der Waals surface area contributed by atoms with E-state index >= 15 is 0 Å². The van der Waals surface area contributed by atoms with E-state index in [0.29, 0.717) is 11.3 Å². The summed E-state index contributed by atoms with van der Waals surface area (Å²) in [6.45, 7) is 0. The van der Waals surface area contributed by atoms with Crippen molar-refractivity contribution in [1.29, 1.82) is 0 Å². The smallest absolute Gasteiger partial charge is 0.208 e. The van der Waals surface area contributed by atoms with Crippen molar-refractivity contribution >= 4 is 49.8 Å². The number of para-hydroxylation sites is 4. The van der Waals surface area contributed by atoms with E-state index in [1.165, 1.54) is 0 Å². The standard InChI is InChI=1S/C35H21N6O.Pt/c42-32-14-6-2-10-25(32)26-18-17-24-23-9-1-4-12-28(23)39(34(24)37-26)22-16-19-30-31(21-22)41(33-15-7-8-20-36-33)35-38-27-11-3-5-13-29(27)40(30)35;/h1-20,42H;/q-1;. The van der Waals surface area contributed by atoms with Gasteiger partial charge in [-0.15, -0.1) is 18.2 Å². The molecule has 1 N–H and O–H groups in total. The molecule has 7 nitrogen and oxygen atoms in total. The molecule has 9 rings (SSSR count). The molecule has 0 saturated heterocycles. The molecule has 208 valence electrons. The fraction of sp³-hybridized carbons (Fsp3) is 0. The van der Waals surface area contributed by atoms with Crippen LogP contribution in [-0.4, -0.2) is 33.6 Å². The molecule has 0 bridgehead atoms. The summed E-state index contributed by atoms with van der Waals surface area (Å²) in [6, 6.07) is 41.6. The maximum atomic E-state index is 10.6. The number of pyridine rings is 2. The van der Waals surface area contributed by atoms with Gasteiger partial charge in [0.2, 0.25) is 5.78 Å². The van der Waals surface area contributed by atoms with Gasteiger partial charge in [-0.1, -0.05) is 54.2 Å². The topological polar surface area (TPSA) is 73.2 Å². The third-order valence-corrected chi connectivity index (χ3v) is 7.92. The van der Waals surface area contributed by atoms with E-state index in [9.17, 15) is 5.11 Å². The first kappa shape index (κ1) is 25.4. The minimum Gasteiger partial charge on any atom is -0.507 e. The maximum Gasteiger partial charge on any atom is 0.208 e. The zero-order chi connectivity index (χ0) is 27.8. The molecule has 5 aromatic heterocycles. The second-order valence-electron chi connectivity index (χ2n) is 10.3. The number of rotatable bonds is 3. The van der Waals surface area contributed by atoms with Gasteiger partial charge in [-0.3, -0.25) is 4.57 Å². The van der Waals surface area contributed by atoms with Crippen LogP contribution in [0.3, 0.4) is 0 Å². The second kappa shape index (κ2) is 9.65. The SMILES string of the molecule is Oc1ccccc1-c1ccc2c3ccccc3n(-c3[c-]c4c(cc3)n3c5ccccc5nc3n4-c3ccccn3)c2n1.[Pt]. The van der Waals surface area contributed by atoms with Crippen LogP contribution in [0.4, 0.5) is 0 Å². The zero-order valence-corrected chi connectivity index (χ0v) is 24.8. The van der Waals surface area contributed by atoms with Gasteiger partial charge in [0.15, 0.2) is 0 Å². The number of hydrogen-bond donors (Lipinski definition) is 1. The molecule has 0 saturated carbocycles. The van der Waals surface area contributed by atoms with Crippen molar-refractivity contribution in [3.8, 4) is 28.5 Å². The quantitative estimate of drug-likeness (QED) is 0.191. The molecule has 0 unspecified atom stereocenters. The van der Waals surface area contributed by atoms with Crippen molar-refractivity contribution in [2.24, 2.45) is 0 Å². The van der Waals surface area contributed by atoms with Crippen molar-refractivity contribution < 1.29 is 26.2 Å². The van der Waals surface area contributed by atoms with Crippen molar-refractivity contribution in [3.05, 3.63) is 128 Å². The summed E-state index contributed by atoms with van der Waals surface area (Å²) < 4.78 is 6.37. The minimum atomic E-state index is 0. The molecule has 0 aliphatic heterocycles. The number of phenolic OH excluding ortho intramolecular Hbond substituents is 1. The molecule has 0 aliphatic carbocycles.